The van der Waals surface area contributed by atoms with Gasteiger partial charge in [-0.15, -0.1) is 0 Å². The summed E-state index contributed by atoms with van der Waals surface area (Å²) in [6.45, 7) is 4.52. The molecular weight excluding hydrogens is 236 g/mol. The number of urea groups is 1. The number of ether oxygens (including phenoxy) is 2. The van der Waals surface area contributed by atoms with Crippen LogP contribution in [0.3, 0.4) is 0 Å². The smallest absolute Gasteiger partial charge is 0.322 e. The highest BCUT2D eigenvalue weighted by molar-refractivity contribution is 6.04. The Morgan fingerprint density at radius 1 is 1.33 bits per heavy atom. The molecule has 18 heavy (non-hydrogen) atoms. The van der Waals surface area contributed by atoms with E-state index in [0.717, 1.165) is 25.9 Å². The molecule has 2 rings (SSSR count). The topological polar surface area (TPSA) is 76.7 Å². The fourth-order valence-corrected chi connectivity index (χ4v) is 2.26. The third kappa shape index (κ3) is 3.00. The van der Waals surface area contributed by atoms with E-state index in [-0.39, 0.29) is 24.2 Å². The minimum Gasteiger partial charge on any atom is -0.353 e. The largest absolute Gasteiger partial charge is 0.353 e. The normalized spacial score (nSPS) is 31.7. The van der Waals surface area contributed by atoms with E-state index < -0.39 is 12.1 Å². The van der Waals surface area contributed by atoms with Gasteiger partial charge < -0.3 is 14.8 Å². The zero-order valence-electron chi connectivity index (χ0n) is 10.8. The van der Waals surface area contributed by atoms with Gasteiger partial charge in [-0.05, 0) is 26.2 Å². The molecule has 2 aliphatic heterocycles. The molecule has 2 saturated heterocycles. The Morgan fingerprint density at radius 2 is 2.11 bits per heavy atom. The Hall–Kier alpha value is -1.14. The molecule has 0 radical (unpaired) electrons. The maximum Gasteiger partial charge on any atom is 0.322 e. The first-order chi connectivity index (χ1) is 8.58. The second-order valence-electron chi connectivity index (χ2n) is 4.94. The van der Waals surface area contributed by atoms with Crippen LogP contribution in [0.15, 0.2) is 0 Å². The summed E-state index contributed by atoms with van der Waals surface area (Å²) < 4.78 is 11.3. The van der Waals surface area contributed by atoms with E-state index >= 15 is 0 Å². The lowest BCUT2D eigenvalue weighted by molar-refractivity contribution is -0.194. The molecule has 102 valence electrons. The van der Waals surface area contributed by atoms with Crippen LogP contribution < -0.4 is 10.6 Å². The Morgan fingerprint density at radius 3 is 2.67 bits per heavy atom. The van der Waals surface area contributed by atoms with Crippen molar-refractivity contribution in [3.8, 4) is 0 Å². The summed E-state index contributed by atoms with van der Waals surface area (Å²) in [5.41, 5.74) is 0. The number of nitrogens with one attached hydrogen (secondary N) is 2. The van der Waals surface area contributed by atoms with Crippen molar-refractivity contribution in [1.82, 2.24) is 10.6 Å². The van der Waals surface area contributed by atoms with Gasteiger partial charge in [0, 0.05) is 12.5 Å². The summed E-state index contributed by atoms with van der Waals surface area (Å²) in [5, 5.41) is 4.83. The number of carbonyl (C=O) groups is 2. The van der Waals surface area contributed by atoms with E-state index in [4.69, 9.17) is 9.47 Å². The average molecular weight is 256 g/mol. The Bertz CT molecular complexity index is 328. The van der Waals surface area contributed by atoms with Crippen molar-refractivity contribution < 1.29 is 19.1 Å². The van der Waals surface area contributed by atoms with Gasteiger partial charge >= 0.3 is 6.03 Å². The van der Waals surface area contributed by atoms with Crippen LogP contribution in [0.25, 0.3) is 0 Å². The van der Waals surface area contributed by atoms with E-state index in [1.807, 2.05) is 13.8 Å². The van der Waals surface area contributed by atoms with Gasteiger partial charge in [0.15, 0.2) is 6.29 Å². The fraction of sp³-hybridized carbons (Fsp3) is 0.833. The van der Waals surface area contributed by atoms with E-state index in [0.29, 0.717) is 0 Å². The van der Waals surface area contributed by atoms with Gasteiger partial charge in [0.1, 0.15) is 6.04 Å². The van der Waals surface area contributed by atoms with Crippen molar-refractivity contribution in [1.29, 1.82) is 0 Å². The van der Waals surface area contributed by atoms with Crippen LogP contribution in [0.1, 0.15) is 33.1 Å². The van der Waals surface area contributed by atoms with Crippen LogP contribution in [0, 0.1) is 5.92 Å². The number of hydrogen-bond donors (Lipinski definition) is 2. The first-order valence-electron chi connectivity index (χ1n) is 6.46. The van der Waals surface area contributed by atoms with Gasteiger partial charge in [-0.25, -0.2) is 4.79 Å². The van der Waals surface area contributed by atoms with E-state index in [1.165, 1.54) is 0 Å². The predicted octanol–water partition coefficient (Wildman–Crippen LogP) is 0.762. The summed E-state index contributed by atoms with van der Waals surface area (Å²) in [6.07, 6.45) is 2.73. The summed E-state index contributed by atoms with van der Waals surface area (Å²) in [4.78, 5) is 22.6. The number of amides is 3. The second kappa shape index (κ2) is 5.67. The zero-order chi connectivity index (χ0) is 13.1. The second-order valence-corrected chi connectivity index (χ2v) is 4.94. The standard InChI is InChI=1S/C12H20N2O4/c1-7(10-11(15)14-12(16)13-10)8(2)18-9-5-3-4-6-17-9/h7-10H,3-6H2,1-2H3,(H2,13,14,15,16)/t7-,8-,9?,10-/m0/s1. The van der Waals surface area contributed by atoms with E-state index in [1.54, 1.807) is 0 Å². The summed E-state index contributed by atoms with van der Waals surface area (Å²) in [6, 6.07) is -0.950. The van der Waals surface area contributed by atoms with E-state index in [9.17, 15) is 9.59 Å². The molecule has 0 aromatic rings. The van der Waals surface area contributed by atoms with Crippen LogP contribution in [-0.2, 0) is 14.3 Å². The lowest BCUT2D eigenvalue weighted by Crippen LogP contribution is -2.42. The van der Waals surface area contributed by atoms with Crippen molar-refractivity contribution in [3.05, 3.63) is 0 Å². The molecule has 2 aliphatic rings. The first-order valence-corrected chi connectivity index (χ1v) is 6.46. The SMILES string of the molecule is C[C@@H]([C@H](C)OC1CCCCO1)[C@@H]1NC(=O)NC1=O. The quantitative estimate of drug-likeness (QED) is 0.728. The zero-order valence-corrected chi connectivity index (χ0v) is 10.8. The lowest BCUT2D eigenvalue weighted by atomic mass is 9.96. The van der Waals surface area contributed by atoms with Crippen molar-refractivity contribution in [2.24, 2.45) is 5.92 Å². The summed E-state index contributed by atoms with van der Waals surface area (Å²) >= 11 is 0. The van der Waals surface area contributed by atoms with Crippen molar-refractivity contribution >= 4 is 11.9 Å². The lowest BCUT2D eigenvalue weighted by Gasteiger charge is -2.30. The molecule has 3 amide bonds. The van der Waals surface area contributed by atoms with Crippen LogP contribution in [-0.4, -0.2) is 37.0 Å². The monoisotopic (exact) mass is 256 g/mol. The maximum absolute atomic E-state index is 11.5. The first kappa shape index (κ1) is 13.3. The highest BCUT2D eigenvalue weighted by atomic mass is 16.7. The van der Waals surface area contributed by atoms with Gasteiger partial charge in [-0.1, -0.05) is 6.92 Å². The average Bonchev–Trinajstić information content (AvgIpc) is 2.68. The van der Waals surface area contributed by atoms with Gasteiger partial charge in [-0.3, -0.25) is 10.1 Å². The minimum atomic E-state index is -0.518. The molecule has 0 bridgehead atoms. The third-order valence-corrected chi connectivity index (χ3v) is 3.58. The van der Waals surface area contributed by atoms with Crippen LogP contribution in [0.2, 0.25) is 0 Å². The molecule has 0 aliphatic carbocycles. The maximum atomic E-state index is 11.5. The molecule has 0 spiro atoms. The molecule has 6 nitrogen and oxygen atoms in total. The van der Waals surface area contributed by atoms with Crippen LogP contribution in [0.5, 0.6) is 0 Å². The summed E-state index contributed by atoms with van der Waals surface area (Å²) in [5.74, 6) is -0.380. The summed E-state index contributed by atoms with van der Waals surface area (Å²) in [7, 11) is 0. The Labute approximate surface area is 106 Å². The van der Waals surface area contributed by atoms with Gasteiger partial charge in [0.2, 0.25) is 0 Å². The van der Waals surface area contributed by atoms with E-state index in [2.05, 4.69) is 10.6 Å². The molecular formula is C12H20N2O4. The molecule has 1 unspecified atom stereocenters. The van der Waals surface area contributed by atoms with Crippen molar-refractivity contribution in [3.63, 3.8) is 0 Å². The van der Waals surface area contributed by atoms with Crippen molar-refractivity contribution in [2.45, 2.75) is 51.5 Å². The molecule has 2 fully saturated rings. The van der Waals surface area contributed by atoms with Crippen LogP contribution in [0.4, 0.5) is 4.79 Å². The molecule has 2 heterocycles. The Kier molecular flexibility index (Phi) is 4.19. The van der Waals surface area contributed by atoms with Gasteiger partial charge in [0.05, 0.1) is 6.10 Å². The highest BCUT2D eigenvalue weighted by Gasteiger charge is 2.37. The molecule has 0 saturated carbocycles. The number of carbonyl (C=O) groups excluding carboxylic acids is 2. The van der Waals surface area contributed by atoms with Gasteiger partial charge in [0.25, 0.3) is 5.91 Å². The molecule has 2 N–H and O–H groups in total. The number of imide groups is 1. The number of hydrogen-bond acceptors (Lipinski definition) is 4. The Balaban J connectivity index is 1.85. The molecule has 0 aromatic heterocycles. The van der Waals surface area contributed by atoms with Crippen LogP contribution >= 0.6 is 0 Å². The van der Waals surface area contributed by atoms with Crippen molar-refractivity contribution in [2.75, 3.05) is 6.61 Å². The number of rotatable bonds is 4. The minimum absolute atomic E-state index is 0.0954. The van der Waals surface area contributed by atoms with Gasteiger partial charge in [-0.2, -0.15) is 0 Å². The molecule has 0 aromatic carbocycles. The molecule has 4 atom stereocenters. The molecule has 6 heteroatoms. The third-order valence-electron chi connectivity index (χ3n) is 3.58. The predicted molar refractivity (Wildman–Crippen MR) is 63.8 cm³/mol. The highest BCUT2D eigenvalue weighted by Crippen LogP contribution is 2.21. The fourth-order valence-electron chi connectivity index (χ4n) is 2.26.